The molecule has 0 aliphatic carbocycles. The predicted octanol–water partition coefficient (Wildman–Crippen LogP) is 2.71. The number of pyridine rings is 1. The highest BCUT2D eigenvalue weighted by Gasteiger charge is 2.15. The van der Waals surface area contributed by atoms with E-state index in [0.29, 0.717) is 0 Å². The van der Waals surface area contributed by atoms with E-state index in [4.69, 9.17) is 11.6 Å². The van der Waals surface area contributed by atoms with Crippen molar-refractivity contribution in [2.24, 2.45) is 0 Å². The molecule has 0 amide bonds. The molecule has 0 unspecified atom stereocenters. The number of sulfone groups is 1. The SMILES string of the molecule is O=S(=O)(Cc1ccccc1)c1ccnc(Cl)c1. The number of rotatable bonds is 3. The minimum absolute atomic E-state index is 0.0335. The molecule has 0 aliphatic heterocycles. The predicted molar refractivity (Wildman–Crippen MR) is 66.6 cm³/mol. The van der Waals surface area contributed by atoms with Gasteiger partial charge in [0.1, 0.15) is 5.15 Å². The van der Waals surface area contributed by atoms with Crippen molar-refractivity contribution in [3.8, 4) is 0 Å². The number of aromatic nitrogens is 1. The first kappa shape index (κ1) is 12.1. The van der Waals surface area contributed by atoms with Gasteiger partial charge in [-0.25, -0.2) is 13.4 Å². The molecule has 0 bridgehead atoms. The third-order valence-electron chi connectivity index (χ3n) is 2.26. The van der Waals surface area contributed by atoms with Crippen LogP contribution in [0, 0.1) is 0 Å². The molecule has 2 aromatic rings. The first-order valence-electron chi connectivity index (χ1n) is 4.96. The van der Waals surface area contributed by atoms with Gasteiger partial charge in [0.25, 0.3) is 0 Å². The molecule has 1 aromatic carbocycles. The van der Waals surface area contributed by atoms with Gasteiger partial charge in [0.05, 0.1) is 10.6 Å². The normalized spacial score (nSPS) is 11.4. The van der Waals surface area contributed by atoms with E-state index in [-0.39, 0.29) is 15.8 Å². The van der Waals surface area contributed by atoms with Crippen molar-refractivity contribution in [3.63, 3.8) is 0 Å². The summed E-state index contributed by atoms with van der Waals surface area (Å²) in [5, 5.41) is 0.180. The Morgan fingerprint density at radius 3 is 2.47 bits per heavy atom. The molecule has 0 saturated heterocycles. The van der Waals surface area contributed by atoms with Crippen molar-refractivity contribution in [3.05, 3.63) is 59.4 Å². The maximum atomic E-state index is 12.1. The zero-order valence-corrected chi connectivity index (χ0v) is 10.4. The second-order valence-corrected chi connectivity index (χ2v) is 5.94. The van der Waals surface area contributed by atoms with Crippen molar-refractivity contribution in [1.82, 2.24) is 4.98 Å². The highest BCUT2D eigenvalue weighted by atomic mass is 35.5. The maximum absolute atomic E-state index is 12.1. The third-order valence-corrected chi connectivity index (χ3v) is 4.15. The van der Waals surface area contributed by atoms with E-state index in [1.165, 1.54) is 18.3 Å². The summed E-state index contributed by atoms with van der Waals surface area (Å²) in [5.41, 5.74) is 0.750. The second kappa shape index (κ2) is 4.85. The maximum Gasteiger partial charge on any atom is 0.182 e. The monoisotopic (exact) mass is 267 g/mol. The molecule has 17 heavy (non-hydrogen) atoms. The van der Waals surface area contributed by atoms with Gasteiger partial charge < -0.3 is 0 Å². The van der Waals surface area contributed by atoms with Crippen LogP contribution in [0.1, 0.15) is 5.56 Å². The molecule has 1 aromatic heterocycles. The van der Waals surface area contributed by atoms with Crippen LogP contribution in [0.15, 0.2) is 53.6 Å². The van der Waals surface area contributed by atoms with Crippen LogP contribution < -0.4 is 0 Å². The lowest BCUT2D eigenvalue weighted by atomic mass is 10.2. The Balaban J connectivity index is 2.32. The van der Waals surface area contributed by atoms with Crippen LogP contribution in [0.5, 0.6) is 0 Å². The van der Waals surface area contributed by atoms with Crippen molar-refractivity contribution in [2.75, 3.05) is 0 Å². The summed E-state index contributed by atoms with van der Waals surface area (Å²) < 4.78 is 24.1. The molecule has 0 N–H and O–H groups in total. The molecule has 0 aliphatic rings. The van der Waals surface area contributed by atoms with Gasteiger partial charge in [-0.1, -0.05) is 41.9 Å². The standard InChI is InChI=1S/C12H10ClNO2S/c13-12-8-11(6-7-14-12)17(15,16)9-10-4-2-1-3-5-10/h1-8H,9H2. The highest BCUT2D eigenvalue weighted by molar-refractivity contribution is 7.90. The summed E-state index contributed by atoms with van der Waals surface area (Å²) in [6.45, 7) is 0. The van der Waals surface area contributed by atoms with Gasteiger partial charge in [0, 0.05) is 6.20 Å². The number of hydrogen-bond donors (Lipinski definition) is 0. The molecule has 0 atom stereocenters. The molecule has 88 valence electrons. The van der Waals surface area contributed by atoms with Crippen molar-refractivity contribution in [1.29, 1.82) is 0 Å². The van der Waals surface area contributed by atoms with E-state index in [0.717, 1.165) is 5.56 Å². The van der Waals surface area contributed by atoms with Crippen molar-refractivity contribution < 1.29 is 8.42 Å². The summed E-state index contributed by atoms with van der Waals surface area (Å²) >= 11 is 5.68. The van der Waals surface area contributed by atoms with Gasteiger partial charge >= 0.3 is 0 Å². The van der Waals surface area contributed by atoms with Crippen molar-refractivity contribution in [2.45, 2.75) is 10.6 Å². The van der Waals surface area contributed by atoms with Crippen LogP contribution in [0.2, 0.25) is 5.15 Å². The van der Waals surface area contributed by atoms with Crippen LogP contribution >= 0.6 is 11.6 Å². The molecule has 0 saturated carbocycles. The zero-order valence-electron chi connectivity index (χ0n) is 8.88. The molecule has 5 heteroatoms. The Morgan fingerprint density at radius 1 is 1.12 bits per heavy atom. The first-order valence-corrected chi connectivity index (χ1v) is 6.99. The number of benzene rings is 1. The highest BCUT2D eigenvalue weighted by Crippen LogP contribution is 2.18. The molecule has 0 spiro atoms. The van der Waals surface area contributed by atoms with Gasteiger partial charge in [-0.15, -0.1) is 0 Å². The average molecular weight is 268 g/mol. The Labute approximate surface area is 105 Å². The van der Waals surface area contributed by atoms with Crippen LogP contribution in [-0.2, 0) is 15.6 Å². The largest absolute Gasteiger partial charge is 0.244 e. The van der Waals surface area contributed by atoms with E-state index in [1.54, 1.807) is 12.1 Å². The lowest BCUT2D eigenvalue weighted by molar-refractivity contribution is 0.595. The van der Waals surface area contributed by atoms with E-state index >= 15 is 0 Å². The molecule has 2 rings (SSSR count). The topological polar surface area (TPSA) is 47.0 Å². The second-order valence-electron chi connectivity index (χ2n) is 3.56. The first-order chi connectivity index (χ1) is 8.08. The minimum Gasteiger partial charge on any atom is -0.244 e. The van der Waals surface area contributed by atoms with Crippen LogP contribution in [0.25, 0.3) is 0 Å². The van der Waals surface area contributed by atoms with Crippen LogP contribution in [0.3, 0.4) is 0 Å². The minimum atomic E-state index is -3.36. The van der Waals surface area contributed by atoms with Crippen LogP contribution in [0.4, 0.5) is 0 Å². The van der Waals surface area contributed by atoms with E-state index < -0.39 is 9.84 Å². The Bertz CT molecular complexity index is 611. The number of hydrogen-bond acceptors (Lipinski definition) is 3. The quantitative estimate of drug-likeness (QED) is 0.804. The van der Waals surface area contributed by atoms with Crippen LogP contribution in [-0.4, -0.2) is 13.4 Å². The fourth-order valence-corrected chi connectivity index (χ4v) is 3.05. The summed E-state index contributed by atoms with van der Waals surface area (Å²) in [4.78, 5) is 3.96. The number of halogens is 1. The van der Waals surface area contributed by atoms with Gasteiger partial charge in [-0.2, -0.15) is 0 Å². The number of nitrogens with zero attached hydrogens (tertiary/aromatic N) is 1. The summed E-state index contributed by atoms with van der Waals surface area (Å²) in [6, 6.07) is 11.8. The third kappa shape index (κ3) is 3.05. The molecule has 0 radical (unpaired) electrons. The summed E-state index contributed by atoms with van der Waals surface area (Å²) in [7, 11) is -3.36. The Kier molecular flexibility index (Phi) is 3.45. The fraction of sp³-hybridized carbons (Fsp3) is 0.0833. The van der Waals surface area contributed by atoms with E-state index in [2.05, 4.69) is 4.98 Å². The van der Waals surface area contributed by atoms with Gasteiger partial charge in [0.2, 0.25) is 0 Å². The smallest absolute Gasteiger partial charge is 0.182 e. The summed E-state index contributed by atoms with van der Waals surface area (Å²) in [5.74, 6) is -0.0335. The van der Waals surface area contributed by atoms with Gasteiger partial charge in [0.15, 0.2) is 9.84 Å². The molecule has 3 nitrogen and oxygen atoms in total. The van der Waals surface area contributed by atoms with Crippen molar-refractivity contribution >= 4 is 21.4 Å². The molecular formula is C12H10ClNO2S. The van der Waals surface area contributed by atoms with E-state index in [9.17, 15) is 8.42 Å². The van der Waals surface area contributed by atoms with E-state index in [1.807, 2.05) is 18.2 Å². The summed E-state index contributed by atoms with van der Waals surface area (Å²) in [6.07, 6.45) is 1.39. The Morgan fingerprint density at radius 2 is 1.82 bits per heavy atom. The fourth-order valence-electron chi connectivity index (χ4n) is 1.46. The molecular weight excluding hydrogens is 258 g/mol. The lowest BCUT2D eigenvalue weighted by Crippen LogP contribution is -2.05. The molecule has 1 heterocycles. The molecule has 0 fully saturated rings. The lowest BCUT2D eigenvalue weighted by Gasteiger charge is -2.04. The Hall–Kier alpha value is -1.39. The average Bonchev–Trinajstić information content (AvgIpc) is 2.30. The zero-order chi connectivity index (χ0) is 12.3. The van der Waals surface area contributed by atoms with Gasteiger partial charge in [-0.3, -0.25) is 0 Å². The van der Waals surface area contributed by atoms with Gasteiger partial charge in [-0.05, 0) is 17.7 Å².